The van der Waals surface area contributed by atoms with Gasteiger partial charge in [0, 0.05) is 13.2 Å². The zero-order valence-corrected chi connectivity index (χ0v) is 14.5. The lowest BCUT2D eigenvalue weighted by Crippen LogP contribution is -2.39. The molecule has 0 aromatic heterocycles. The minimum atomic E-state index is -0.306. The molecule has 1 fully saturated rings. The molecule has 1 heterocycles. The SMILES string of the molecule is CCOC(=O)c1ccc(OC[C@@H]2[C@@H](OCC)[C@H](C)CN2C)cc1. The quantitative estimate of drug-likeness (QED) is 0.723. The molecule has 0 N–H and O–H groups in total. The third kappa shape index (κ3) is 4.45. The second-order valence-electron chi connectivity index (χ2n) is 5.96. The molecule has 0 bridgehead atoms. The first-order valence-electron chi connectivity index (χ1n) is 8.28. The van der Waals surface area contributed by atoms with Crippen LogP contribution in [0, 0.1) is 5.92 Å². The summed E-state index contributed by atoms with van der Waals surface area (Å²) in [6, 6.07) is 7.32. The number of likely N-dealkylation sites (tertiary alicyclic amines) is 1. The average molecular weight is 321 g/mol. The Bertz CT molecular complexity index is 502. The topological polar surface area (TPSA) is 48.0 Å². The molecular formula is C18H27NO4. The Kier molecular flexibility index (Phi) is 6.42. The Labute approximate surface area is 138 Å². The first kappa shape index (κ1) is 17.8. The van der Waals surface area contributed by atoms with Gasteiger partial charge in [-0.25, -0.2) is 4.79 Å². The Morgan fingerprint density at radius 1 is 1.22 bits per heavy atom. The van der Waals surface area contributed by atoms with Gasteiger partial charge in [-0.3, -0.25) is 4.90 Å². The third-order valence-electron chi connectivity index (χ3n) is 4.23. The number of rotatable bonds is 7. The normalized spacial score (nSPS) is 24.6. The van der Waals surface area contributed by atoms with E-state index in [-0.39, 0.29) is 18.1 Å². The van der Waals surface area contributed by atoms with Crippen molar-refractivity contribution in [2.75, 3.05) is 33.4 Å². The first-order chi connectivity index (χ1) is 11.1. The summed E-state index contributed by atoms with van der Waals surface area (Å²) in [4.78, 5) is 13.9. The molecule has 0 aliphatic carbocycles. The molecule has 0 spiro atoms. The zero-order valence-electron chi connectivity index (χ0n) is 14.5. The number of nitrogens with zero attached hydrogens (tertiary/aromatic N) is 1. The zero-order chi connectivity index (χ0) is 16.8. The fourth-order valence-corrected chi connectivity index (χ4v) is 3.10. The largest absolute Gasteiger partial charge is 0.492 e. The van der Waals surface area contributed by atoms with Crippen LogP contribution < -0.4 is 4.74 Å². The van der Waals surface area contributed by atoms with Crippen molar-refractivity contribution in [3.63, 3.8) is 0 Å². The van der Waals surface area contributed by atoms with Gasteiger partial charge in [-0.05, 0) is 51.1 Å². The van der Waals surface area contributed by atoms with Crippen LogP contribution in [0.15, 0.2) is 24.3 Å². The van der Waals surface area contributed by atoms with E-state index in [9.17, 15) is 4.79 Å². The summed E-state index contributed by atoms with van der Waals surface area (Å²) in [6.07, 6.45) is 0.198. The average Bonchev–Trinajstić information content (AvgIpc) is 2.80. The Hall–Kier alpha value is -1.59. The highest BCUT2D eigenvalue weighted by atomic mass is 16.5. The molecule has 5 heteroatoms. The van der Waals surface area contributed by atoms with Crippen molar-refractivity contribution in [1.29, 1.82) is 0 Å². The maximum Gasteiger partial charge on any atom is 0.338 e. The molecule has 0 amide bonds. The highest BCUT2D eigenvalue weighted by Gasteiger charge is 2.38. The summed E-state index contributed by atoms with van der Waals surface area (Å²) in [6.45, 7) is 8.71. The molecule has 1 saturated heterocycles. The van der Waals surface area contributed by atoms with E-state index in [0.29, 0.717) is 31.3 Å². The highest BCUT2D eigenvalue weighted by Crippen LogP contribution is 2.26. The van der Waals surface area contributed by atoms with Crippen molar-refractivity contribution in [3.8, 4) is 5.75 Å². The fourth-order valence-electron chi connectivity index (χ4n) is 3.10. The third-order valence-corrected chi connectivity index (χ3v) is 4.23. The second kappa shape index (κ2) is 8.31. The van der Waals surface area contributed by atoms with Gasteiger partial charge < -0.3 is 14.2 Å². The smallest absolute Gasteiger partial charge is 0.338 e. The van der Waals surface area contributed by atoms with Gasteiger partial charge in [0.25, 0.3) is 0 Å². The van der Waals surface area contributed by atoms with Gasteiger partial charge in [-0.2, -0.15) is 0 Å². The summed E-state index contributed by atoms with van der Waals surface area (Å²) >= 11 is 0. The number of hydrogen-bond acceptors (Lipinski definition) is 5. The van der Waals surface area contributed by atoms with Gasteiger partial charge in [0.1, 0.15) is 12.4 Å². The van der Waals surface area contributed by atoms with E-state index in [0.717, 1.165) is 12.3 Å². The van der Waals surface area contributed by atoms with Crippen molar-refractivity contribution >= 4 is 5.97 Å². The van der Waals surface area contributed by atoms with Crippen LogP contribution in [-0.4, -0.2) is 56.4 Å². The van der Waals surface area contributed by atoms with E-state index in [1.54, 1.807) is 31.2 Å². The van der Waals surface area contributed by atoms with Gasteiger partial charge in [0.15, 0.2) is 0 Å². The maximum atomic E-state index is 11.6. The van der Waals surface area contributed by atoms with Gasteiger partial charge in [-0.15, -0.1) is 0 Å². The number of carbonyl (C=O) groups excluding carboxylic acids is 1. The summed E-state index contributed by atoms with van der Waals surface area (Å²) in [7, 11) is 2.10. The predicted molar refractivity (Wildman–Crippen MR) is 88.9 cm³/mol. The summed E-state index contributed by atoms with van der Waals surface area (Å²) in [5, 5.41) is 0. The molecular weight excluding hydrogens is 294 g/mol. The molecule has 23 heavy (non-hydrogen) atoms. The summed E-state index contributed by atoms with van der Waals surface area (Å²) in [5.41, 5.74) is 0.540. The Balaban J connectivity index is 1.93. The van der Waals surface area contributed by atoms with Gasteiger partial charge >= 0.3 is 5.97 Å². The first-order valence-corrected chi connectivity index (χ1v) is 8.28. The summed E-state index contributed by atoms with van der Waals surface area (Å²) < 4.78 is 16.8. The molecule has 2 rings (SSSR count). The van der Waals surface area contributed by atoms with E-state index in [1.807, 2.05) is 6.92 Å². The molecule has 0 unspecified atom stereocenters. The number of esters is 1. The Morgan fingerprint density at radius 3 is 2.52 bits per heavy atom. The maximum absolute atomic E-state index is 11.6. The van der Waals surface area contributed by atoms with Crippen LogP contribution in [-0.2, 0) is 9.47 Å². The van der Waals surface area contributed by atoms with E-state index >= 15 is 0 Å². The van der Waals surface area contributed by atoms with E-state index in [1.165, 1.54) is 0 Å². The van der Waals surface area contributed by atoms with E-state index < -0.39 is 0 Å². The number of benzene rings is 1. The van der Waals surface area contributed by atoms with Gasteiger partial charge in [-0.1, -0.05) is 6.92 Å². The van der Waals surface area contributed by atoms with E-state index in [4.69, 9.17) is 14.2 Å². The highest BCUT2D eigenvalue weighted by molar-refractivity contribution is 5.89. The molecule has 0 saturated carbocycles. The fraction of sp³-hybridized carbons (Fsp3) is 0.611. The Morgan fingerprint density at radius 2 is 1.91 bits per heavy atom. The lowest BCUT2D eigenvalue weighted by Gasteiger charge is -2.25. The lowest BCUT2D eigenvalue weighted by atomic mass is 10.0. The minimum absolute atomic E-state index is 0.198. The van der Waals surface area contributed by atoms with Crippen LogP contribution in [0.2, 0.25) is 0 Å². The van der Waals surface area contributed by atoms with Crippen LogP contribution in [0.5, 0.6) is 5.75 Å². The molecule has 1 aliphatic rings. The number of ether oxygens (including phenoxy) is 3. The van der Waals surface area contributed by atoms with Crippen LogP contribution >= 0.6 is 0 Å². The van der Waals surface area contributed by atoms with Crippen molar-refractivity contribution in [2.45, 2.75) is 32.9 Å². The van der Waals surface area contributed by atoms with Crippen LogP contribution in [0.1, 0.15) is 31.1 Å². The number of likely N-dealkylation sites (N-methyl/N-ethyl adjacent to an activating group) is 1. The molecule has 1 aliphatic heterocycles. The van der Waals surface area contributed by atoms with E-state index in [2.05, 4.69) is 18.9 Å². The lowest BCUT2D eigenvalue weighted by molar-refractivity contribution is 0.00660. The van der Waals surface area contributed by atoms with Crippen molar-refractivity contribution in [3.05, 3.63) is 29.8 Å². The predicted octanol–water partition coefficient (Wildman–Crippen LogP) is 2.60. The number of hydrogen-bond donors (Lipinski definition) is 0. The van der Waals surface area contributed by atoms with Crippen molar-refractivity contribution < 1.29 is 19.0 Å². The molecule has 0 radical (unpaired) electrons. The second-order valence-corrected chi connectivity index (χ2v) is 5.96. The van der Waals surface area contributed by atoms with Crippen LogP contribution in [0.25, 0.3) is 0 Å². The molecule has 1 aromatic carbocycles. The standard InChI is InChI=1S/C18H27NO4/c1-5-21-17-13(3)11-19(4)16(17)12-23-15-9-7-14(8-10-15)18(20)22-6-2/h7-10,13,16-17H,5-6,11-12H2,1-4H3/t13-,16-,17+/m1/s1. The van der Waals surface area contributed by atoms with Crippen LogP contribution in [0.4, 0.5) is 0 Å². The minimum Gasteiger partial charge on any atom is -0.492 e. The van der Waals surface area contributed by atoms with Crippen LogP contribution in [0.3, 0.4) is 0 Å². The molecule has 5 nitrogen and oxygen atoms in total. The molecule has 128 valence electrons. The monoisotopic (exact) mass is 321 g/mol. The summed E-state index contributed by atoms with van der Waals surface area (Å²) in [5.74, 6) is 0.945. The number of carbonyl (C=O) groups is 1. The molecule has 3 atom stereocenters. The van der Waals surface area contributed by atoms with Gasteiger partial charge in [0.05, 0.1) is 24.3 Å². The molecule has 1 aromatic rings. The van der Waals surface area contributed by atoms with Crippen molar-refractivity contribution in [1.82, 2.24) is 4.90 Å². The van der Waals surface area contributed by atoms with Crippen molar-refractivity contribution in [2.24, 2.45) is 5.92 Å². The van der Waals surface area contributed by atoms with Gasteiger partial charge in [0.2, 0.25) is 0 Å².